The minimum absolute atomic E-state index is 0.0599. The fraction of sp³-hybridized carbons (Fsp3) is 0.700. The number of nitrogens with one attached hydrogen (secondary N) is 1. The fourth-order valence-electron chi connectivity index (χ4n) is 1.27. The fourth-order valence-corrected chi connectivity index (χ4v) is 1.32. The number of hydrogen-bond donors (Lipinski definition) is 2. The van der Waals surface area contributed by atoms with Gasteiger partial charge in [0.1, 0.15) is 5.71 Å². The summed E-state index contributed by atoms with van der Waals surface area (Å²) >= 11 is 4.60. The van der Waals surface area contributed by atoms with Crippen molar-refractivity contribution in [2.45, 2.75) is 33.6 Å². The van der Waals surface area contributed by atoms with Crippen molar-refractivity contribution in [3.8, 4) is 0 Å². The highest BCUT2D eigenvalue weighted by Crippen LogP contribution is 1.97. The van der Waals surface area contributed by atoms with Gasteiger partial charge in [0.05, 0.1) is 0 Å². The highest BCUT2D eigenvalue weighted by molar-refractivity contribution is 7.80. The van der Waals surface area contributed by atoms with Gasteiger partial charge in [-0.25, -0.2) is 0 Å². The Bertz CT molecular complexity index is 272. The van der Waals surface area contributed by atoms with Crippen molar-refractivity contribution in [1.82, 2.24) is 10.3 Å². The first-order chi connectivity index (χ1) is 7.52. The van der Waals surface area contributed by atoms with Crippen molar-refractivity contribution >= 4 is 28.9 Å². The van der Waals surface area contributed by atoms with Crippen LogP contribution < -0.4 is 11.2 Å². The van der Waals surface area contributed by atoms with Gasteiger partial charge in [-0.05, 0) is 32.0 Å². The second-order valence-electron chi connectivity index (χ2n) is 3.47. The van der Waals surface area contributed by atoms with E-state index in [0.29, 0.717) is 5.71 Å². The first-order valence-electron chi connectivity index (χ1n) is 5.41. The summed E-state index contributed by atoms with van der Waals surface area (Å²) in [6.07, 6.45) is 1.86. The number of nitrogens with zero attached hydrogens (tertiary/aromatic N) is 2. The van der Waals surface area contributed by atoms with Crippen molar-refractivity contribution in [1.29, 1.82) is 0 Å². The van der Waals surface area contributed by atoms with Crippen LogP contribution in [0.25, 0.3) is 0 Å². The molecule has 16 heavy (non-hydrogen) atoms. The standard InChI is InChI=1S/C10H20N4OS/c1-4-6-14(7-5-2)9(15)8(3)12-13-10(11)16/h4-7H2,1-3H3,(H3,11,13,16). The zero-order chi connectivity index (χ0) is 12.6. The molecule has 0 aliphatic rings. The summed E-state index contributed by atoms with van der Waals surface area (Å²) in [6.45, 7) is 7.20. The Hall–Kier alpha value is -1.17. The van der Waals surface area contributed by atoms with Crippen LogP contribution in [0.2, 0.25) is 0 Å². The second-order valence-corrected chi connectivity index (χ2v) is 3.91. The van der Waals surface area contributed by atoms with E-state index in [4.69, 9.17) is 5.73 Å². The highest BCUT2D eigenvalue weighted by Gasteiger charge is 2.14. The van der Waals surface area contributed by atoms with Gasteiger partial charge in [0, 0.05) is 13.1 Å². The lowest BCUT2D eigenvalue weighted by molar-refractivity contribution is -0.124. The van der Waals surface area contributed by atoms with E-state index in [1.807, 2.05) is 13.8 Å². The molecule has 0 rings (SSSR count). The molecular weight excluding hydrogens is 224 g/mol. The minimum Gasteiger partial charge on any atom is -0.375 e. The van der Waals surface area contributed by atoms with Crippen LogP contribution in [0.15, 0.2) is 5.10 Å². The van der Waals surface area contributed by atoms with Crippen LogP contribution in [0.1, 0.15) is 33.6 Å². The number of amides is 1. The van der Waals surface area contributed by atoms with Gasteiger partial charge < -0.3 is 10.6 Å². The zero-order valence-corrected chi connectivity index (χ0v) is 10.9. The number of thiocarbonyl (C=S) groups is 1. The lowest BCUT2D eigenvalue weighted by atomic mass is 10.3. The molecule has 0 aromatic rings. The van der Waals surface area contributed by atoms with E-state index in [-0.39, 0.29) is 11.0 Å². The van der Waals surface area contributed by atoms with Crippen molar-refractivity contribution < 1.29 is 4.79 Å². The summed E-state index contributed by atoms with van der Waals surface area (Å²) in [5, 5.41) is 3.88. The first kappa shape index (κ1) is 14.8. The molecule has 3 N–H and O–H groups in total. The van der Waals surface area contributed by atoms with Crippen LogP contribution in [0.3, 0.4) is 0 Å². The number of hydrogen-bond acceptors (Lipinski definition) is 3. The number of carbonyl (C=O) groups excluding carboxylic acids is 1. The predicted molar refractivity (Wildman–Crippen MR) is 70.2 cm³/mol. The average molecular weight is 244 g/mol. The normalized spacial score (nSPS) is 11.1. The summed E-state index contributed by atoms with van der Waals surface area (Å²) in [7, 11) is 0. The number of rotatable bonds is 6. The Balaban J connectivity index is 4.46. The summed E-state index contributed by atoms with van der Waals surface area (Å²) in [4.78, 5) is 13.7. The molecule has 0 aliphatic heterocycles. The second kappa shape index (κ2) is 8.04. The van der Waals surface area contributed by atoms with Crippen LogP contribution in [-0.2, 0) is 4.79 Å². The molecule has 0 spiro atoms. The van der Waals surface area contributed by atoms with Crippen LogP contribution >= 0.6 is 12.2 Å². The molecule has 6 heteroatoms. The van der Waals surface area contributed by atoms with Gasteiger partial charge in [-0.1, -0.05) is 13.8 Å². The maximum atomic E-state index is 11.9. The van der Waals surface area contributed by atoms with Crippen molar-refractivity contribution in [2.75, 3.05) is 13.1 Å². The van der Waals surface area contributed by atoms with Gasteiger partial charge in [-0.3, -0.25) is 10.2 Å². The van der Waals surface area contributed by atoms with E-state index in [0.717, 1.165) is 25.9 Å². The van der Waals surface area contributed by atoms with E-state index in [2.05, 4.69) is 22.7 Å². The average Bonchev–Trinajstić information content (AvgIpc) is 2.24. The van der Waals surface area contributed by atoms with Gasteiger partial charge in [0.15, 0.2) is 5.11 Å². The molecule has 5 nitrogen and oxygen atoms in total. The number of carbonyl (C=O) groups is 1. The molecule has 0 saturated heterocycles. The molecular formula is C10H20N4OS. The smallest absolute Gasteiger partial charge is 0.269 e. The lowest BCUT2D eigenvalue weighted by Crippen LogP contribution is -2.38. The van der Waals surface area contributed by atoms with E-state index in [1.165, 1.54) is 0 Å². The predicted octanol–water partition coefficient (Wildman–Crippen LogP) is 0.844. The van der Waals surface area contributed by atoms with Gasteiger partial charge in [-0.15, -0.1) is 0 Å². The number of nitrogens with two attached hydrogens (primary N) is 1. The maximum absolute atomic E-state index is 11.9. The Labute approximate surface area is 102 Å². The molecule has 0 fully saturated rings. The SMILES string of the molecule is CCCN(CCC)C(=O)C(C)=NNC(N)=S. The van der Waals surface area contributed by atoms with E-state index in [1.54, 1.807) is 11.8 Å². The molecule has 0 aromatic carbocycles. The van der Waals surface area contributed by atoms with Crippen molar-refractivity contribution in [3.63, 3.8) is 0 Å². The molecule has 92 valence electrons. The van der Waals surface area contributed by atoms with Gasteiger partial charge >= 0.3 is 0 Å². The zero-order valence-electron chi connectivity index (χ0n) is 10.1. The summed E-state index contributed by atoms with van der Waals surface area (Å²) < 4.78 is 0. The van der Waals surface area contributed by atoms with Crippen LogP contribution in [0, 0.1) is 0 Å². The van der Waals surface area contributed by atoms with Crippen LogP contribution in [0.4, 0.5) is 0 Å². The third-order valence-corrected chi connectivity index (χ3v) is 2.01. The summed E-state index contributed by atoms with van der Waals surface area (Å²) in [5.41, 5.74) is 8.01. The van der Waals surface area contributed by atoms with E-state index < -0.39 is 0 Å². The molecule has 1 amide bonds. The molecule has 0 saturated carbocycles. The van der Waals surface area contributed by atoms with Crippen LogP contribution in [0.5, 0.6) is 0 Å². The van der Waals surface area contributed by atoms with Crippen molar-refractivity contribution in [2.24, 2.45) is 10.8 Å². The molecule has 0 unspecified atom stereocenters. The monoisotopic (exact) mass is 244 g/mol. The van der Waals surface area contributed by atoms with Gasteiger partial charge in [-0.2, -0.15) is 5.10 Å². The summed E-state index contributed by atoms with van der Waals surface area (Å²) in [5.74, 6) is -0.0764. The Kier molecular flexibility index (Phi) is 7.45. The largest absolute Gasteiger partial charge is 0.375 e. The van der Waals surface area contributed by atoms with E-state index >= 15 is 0 Å². The molecule has 0 heterocycles. The molecule has 0 bridgehead atoms. The third kappa shape index (κ3) is 5.65. The third-order valence-electron chi connectivity index (χ3n) is 1.92. The van der Waals surface area contributed by atoms with Gasteiger partial charge in [0.25, 0.3) is 5.91 Å². The minimum atomic E-state index is -0.0764. The molecule has 0 atom stereocenters. The van der Waals surface area contributed by atoms with E-state index in [9.17, 15) is 4.79 Å². The van der Waals surface area contributed by atoms with Crippen LogP contribution in [-0.4, -0.2) is 34.7 Å². The lowest BCUT2D eigenvalue weighted by Gasteiger charge is -2.20. The Morgan fingerprint density at radius 2 is 1.88 bits per heavy atom. The Morgan fingerprint density at radius 1 is 1.38 bits per heavy atom. The quantitative estimate of drug-likeness (QED) is 0.413. The number of hydrazone groups is 1. The highest BCUT2D eigenvalue weighted by atomic mass is 32.1. The topological polar surface area (TPSA) is 70.7 Å². The molecule has 0 radical (unpaired) electrons. The first-order valence-corrected chi connectivity index (χ1v) is 5.82. The maximum Gasteiger partial charge on any atom is 0.269 e. The van der Waals surface area contributed by atoms with Crippen molar-refractivity contribution in [3.05, 3.63) is 0 Å². The Morgan fingerprint density at radius 3 is 2.25 bits per heavy atom. The van der Waals surface area contributed by atoms with Gasteiger partial charge in [0.2, 0.25) is 0 Å². The summed E-state index contributed by atoms with van der Waals surface area (Å²) in [6, 6.07) is 0. The molecule has 0 aromatic heterocycles. The molecule has 0 aliphatic carbocycles.